The molecule has 1 aromatic carbocycles. The molecule has 1 fully saturated rings. The first kappa shape index (κ1) is 21.0. The Bertz CT molecular complexity index is 1040. The molecule has 0 aliphatic carbocycles. The van der Waals surface area contributed by atoms with E-state index in [4.69, 9.17) is 5.14 Å². The molecule has 1 aliphatic heterocycles. The van der Waals surface area contributed by atoms with E-state index >= 15 is 0 Å². The van der Waals surface area contributed by atoms with Crippen LogP contribution >= 0.6 is 0 Å². The molecule has 1 aliphatic rings. The highest BCUT2D eigenvalue weighted by Gasteiger charge is 2.34. The van der Waals surface area contributed by atoms with Gasteiger partial charge in [-0.15, -0.1) is 0 Å². The second kappa shape index (κ2) is 7.59. The van der Waals surface area contributed by atoms with E-state index in [2.05, 4.69) is 10.3 Å². The molecule has 1 saturated heterocycles. The van der Waals surface area contributed by atoms with E-state index in [0.29, 0.717) is 12.3 Å². The summed E-state index contributed by atoms with van der Waals surface area (Å²) in [5, 5.41) is 7.38. The highest BCUT2D eigenvalue weighted by Crippen LogP contribution is 2.33. The number of carbonyl (C=O) groups is 1. The maximum absolute atomic E-state index is 13.5. The molecular weight excluding hydrogens is 416 g/mol. The molecule has 1 amide bonds. The number of carbonyl (C=O) groups excluding carboxylic acids is 1. The maximum Gasteiger partial charge on any atom is 0.417 e. The third-order valence-corrected chi connectivity index (χ3v) is 5.20. The normalized spacial score (nSPS) is 17.4. The minimum atomic E-state index is -4.73. The van der Waals surface area contributed by atoms with Crippen LogP contribution in [0.3, 0.4) is 0 Å². The molecule has 0 spiro atoms. The summed E-state index contributed by atoms with van der Waals surface area (Å²) < 4.78 is 75.7. The smallest absolute Gasteiger partial charge is 0.353 e. The van der Waals surface area contributed by atoms with Crippen molar-refractivity contribution in [2.24, 2.45) is 5.14 Å². The molecule has 156 valence electrons. The van der Waals surface area contributed by atoms with Gasteiger partial charge in [0.25, 0.3) is 5.91 Å². The van der Waals surface area contributed by atoms with Crippen LogP contribution in [0.1, 0.15) is 22.3 Å². The van der Waals surface area contributed by atoms with Gasteiger partial charge in [-0.25, -0.2) is 22.9 Å². The highest BCUT2D eigenvalue weighted by molar-refractivity contribution is 7.89. The van der Waals surface area contributed by atoms with Crippen LogP contribution in [0.4, 0.5) is 29.1 Å². The van der Waals surface area contributed by atoms with Crippen molar-refractivity contribution in [2.45, 2.75) is 23.7 Å². The van der Waals surface area contributed by atoms with E-state index in [1.54, 1.807) is 0 Å². The zero-order valence-electron chi connectivity index (χ0n) is 14.8. The lowest BCUT2D eigenvalue weighted by molar-refractivity contribution is -0.137. The van der Waals surface area contributed by atoms with Crippen LogP contribution in [0.5, 0.6) is 0 Å². The Balaban J connectivity index is 1.98. The summed E-state index contributed by atoms with van der Waals surface area (Å²) in [6.07, 6.45) is -5.16. The van der Waals surface area contributed by atoms with Gasteiger partial charge >= 0.3 is 6.18 Å². The van der Waals surface area contributed by atoms with Crippen molar-refractivity contribution in [3.05, 3.63) is 47.7 Å². The van der Waals surface area contributed by atoms with E-state index in [0.717, 1.165) is 6.07 Å². The second-order valence-electron chi connectivity index (χ2n) is 6.45. The van der Waals surface area contributed by atoms with Crippen LogP contribution in [0.15, 0.2) is 41.4 Å². The van der Waals surface area contributed by atoms with Crippen LogP contribution in [-0.2, 0) is 16.2 Å². The van der Waals surface area contributed by atoms with Crippen LogP contribution < -0.4 is 15.4 Å². The van der Waals surface area contributed by atoms with E-state index in [-0.39, 0.29) is 35.9 Å². The zero-order valence-corrected chi connectivity index (χ0v) is 15.6. The average molecular weight is 432 g/mol. The predicted octanol–water partition coefficient (Wildman–Crippen LogP) is 2.55. The Labute approximate surface area is 163 Å². The summed E-state index contributed by atoms with van der Waals surface area (Å²) in [7, 11) is -4.04. The van der Waals surface area contributed by atoms with Crippen LogP contribution in [-0.4, -0.2) is 38.6 Å². The SMILES string of the molecule is NS(=O)(=O)c1cccc(NC(=O)c2cc(C(F)(F)F)cnc2N2CCC(F)C2)c1. The second-order valence-corrected chi connectivity index (χ2v) is 8.01. The summed E-state index contributed by atoms with van der Waals surface area (Å²) in [6.45, 7) is 0.0975. The number of alkyl halides is 4. The number of benzene rings is 1. The molecular formula is C17H16F4N4O3S. The molecule has 29 heavy (non-hydrogen) atoms. The molecule has 1 unspecified atom stereocenters. The maximum atomic E-state index is 13.5. The number of rotatable bonds is 4. The van der Waals surface area contributed by atoms with Crippen molar-refractivity contribution in [1.29, 1.82) is 0 Å². The van der Waals surface area contributed by atoms with Gasteiger partial charge in [-0.2, -0.15) is 13.2 Å². The third kappa shape index (κ3) is 4.82. The Morgan fingerprint density at radius 3 is 2.59 bits per heavy atom. The number of primary sulfonamides is 1. The van der Waals surface area contributed by atoms with Crippen molar-refractivity contribution in [2.75, 3.05) is 23.3 Å². The highest BCUT2D eigenvalue weighted by atomic mass is 32.2. The van der Waals surface area contributed by atoms with Gasteiger partial charge in [0, 0.05) is 18.4 Å². The summed E-state index contributed by atoms with van der Waals surface area (Å²) in [4.78, 5) is 17.5. The number of sulfonamides is 1. The Hall–Kier alpha value is -2.73. The Morgan fingerprint density at radius 2 is 2.00 bits per heavy atom. The van der Waals surface area contributed by atoms with Crippen molar-refractivity contribution in [1.82, 2.24) is 4.98 Å². The number of nitrogens with two attached hydrogens (primary N) is 1. The number of amides is 1. The average Bonchev–Trinajstić information content (AvgIpc) is 3.06. The van der Waals surface area contributed by atoms with Gasteiger partial charge in [-0.1, -0.05) is 6.07 Å². The monoisotopic (exact) mass is 432 g/mol. The minimum Gasteiger partial charge on any atom is -0.353 e. The number of halogens is 4. The van der Waals surface area contributed by atoms with Gasteiger partial charge < -0.3 is 10.2 Å². The summed E-state index contributed by atoms with van der Waals surface area (Å²) >= 11 is 0. The molecule has 3 N–H and O–H groups in total. The summed E-state index contributed by atoms with van der Waals surface area (Å²) in [5.74, 6) is -1.04. The van der Waals surface area contributed by atoms with E-state index < -0.39 is 39.4 Å². The molecule has 2 aromatic rings. The fourth-order valence-electron chi connectivity index (χ4n) is 2.89. The molecule has 12 heteroatoms. The number of nitrogens with one attached hydrogen (secondary N) is 1. The molecule has 1 atom stereocenters. The van der Waals surface area contributed by atoms with Crippen LogP contribution in [0.25, 0.3) is 0 Å². The number of hydrogen-bond acceptors (Lipinski definition) is 5. The largest absolute Gasteiger partial charge is 0.417 e. The van der Waals surface area contributed by atoms with E-state index in [1.807, 2.05) is 0 Å². The molecule has 7 nitrogen and oxygen atoms in total. The van der Waals surface area contributed by atoms with E-state index in [9.17, 15) is 30.8 Å². The van der Waals surface area contributed by atoms with Crippen molar-refractivity contribution in [3.63, 3.8) is 0 Å². The first-order chi connectivity index (χ1) is 13.4. The summed E-state index contributed by atoms with van der Waals surface area (Å²) in [6, 6.07) is 5.57. The lowest BCUT2D eigenvalue weighted by Gasteiger charge is -2.21. The molecule has 3 rings (SSSR count). The zero-order chi connectivity index (χ0) is 21.4. The van der Waals surface area contributed by atoms with Crippen LogP contribution in [0.2, 0.25) is 0 Å². The third-order valence-electron chi connectivity index (χ3n) is 4.29. The predicted molar refractivity (Wildman–Crippen MR) is 96.7 cm³/mol. The summed E-state index contributed by atoms with van der Waals surface area (Å²) in [5.41, 5.74) is -1.54. The number of aromatic nitrogens is 1. The lowest BCUT2D eigenvalue weighted by Crippen LogP contribution is -2.26. The lowest BCUT2D eigenvalue weighted by atomic mass is 10.1. The van der Waals surface area contributed by atoms with Gasteiger partial charge in [-0.3, -0.25) is 4.79 Å². The first-order valence-electron chi connectivity index (χ1n) is 8.35. The standard InChI is InChI=1S/C17H16F4N4O3S/c18-11-4-5-25(9-11)15-14(6-10(8-23-15)17(19,20)21)16(26)24-12-2-1-3-13(7-12)29(22,27)28/h1-3,6-8,11H,4-5,9H2,(H,24,26)(H2,22,27,28). The van der Waals surface area contributed by atoms with E-state index in [1.165, 1.54) is 23.1 Å². The Kier molecular flexibility index (Phi) is 5.50. The topological polar surface area (TPSA) is 105 Å². The van der Waals surface area contributed by atoms with Gasteiger partial charge in [0.1, 0.15) is 12.0 Å². The van der Waals surface area contributed by atoms with Gasteiger partial charge in [0.15, 0.2) is 0 Å². The molecule has 2 heterocycles. The van der Waals surface area contributed by atoms with Gasteiger partial charge in [0.2, 0.25) is 10.0 Å². The van der Waals surface area contributed by atoms with Crippen LogP contribution in [0, 0.1) is 0 Å². The number of anilines is 2. The Morgan fingerprint density at radius 1 is 1.28 bits per heavy atom. The fourth-order valence-corrected chi connectivity index (χ4v) is 3.45. The number of pyridine rings is 1. The minimum absolute atomic E-state index is 0.00896. The molecule has 0 bridgehead atoms. The number of nitrogens with zero attached hydrogens (tertiary/aromatic N) is 2. The fraction of sp³-hybridized carbons (Fsp3) is 0.294. The molecule has 0 radical (unpaired) electrons. The van der Waals surface area contributed by atoms with Gasteiger partial charge in [0.05, 0.1) is 22.6 Å². The number of hydrogen-bond donors (Lipinski definition) is 2. The van der Waals surface area contributed by atoms with Crippen molar-refractivity contribution in [3.8, 4) is 0 Å². The van der Waals surface area contributed by atoms with Crippen molar-refractivity contribution < 1.29 is 30.8 Å². The molecule has 0 saturated carbocycles. The molecule has 1 aromatic heterocycles. The quantitative estimate of drug-likeness (QED) is 0.723. The first-order valence-corrected chi connectivity index (χ1v) is 9.90. The van der Waals surface area contributed by atoms with Crippen molar-refractivity contribution >= 4 is 27.4 Å². The van der Waals surface area contributed by atoms with Gasteiger partial charge in [-0.05, 0) is 30.7 Å².